The number of thiophene rings is 1. The summed E-state index contributed by atoms with van der Waals surface area (Å²) in [4.78, 5) is 2.52. The Morgan fingerprint density at radius 2 is 1.75 bits per heavy atom. The molecular weight excluding hydrogens is 259 g/mol. The van der Waals surface area contributed by atoms with Gasteiger partial charge in [0.05, 0.1) is 5.38 Å². The molecule has 1 unspecified atom stereocenters. The third kappa shape index (κ3) is 2.42. The summed E-state index contributed by atoms with van der Waals surface area (Å²) >= 11 is 14.1. The standard InChI is InChI=1S/C13H12Cl2S/c1-8-7-9(2)16-13(8)12(15)10-3-5-11(14)6-4-10/h3-7,12H,1-2H3. The van der Waals surface area contributed by atoms with Gasteiger partial charge in [0.15, 0.2) is 0 Å². The molecule has 0 aliphatic carbocycles. The largest absolute Gasteiger partial charge is 0.143 e. The first kappa shape index (κ1) is 12.0. The van der Waals surface area contributed by atoms with Crippen LogP contribution in [-0.4, -0.2) is 0 Å². The van der Waals surface area contributed by atoms with Gasteiger partial charge in [-0.15, -0.1) is 22.9 Å². The second kappa shape index (κ2) is 4.79. The zero-order valence-corrected chi connectivity index (χ0v) is 11.5. The summed E-state index contributed by atoms with van der Waals surface area (Å²) in [5.74, 6) is 0. The lowest BCUT2D eigenvalue weighted by molar-refractivity contribution is 1.16. The topological polar surface area (TPSA) is 0 Å². The Morgan fingerprint density at radius 1 is 1.12 bits per heavy atom. The molecule has 0 fully saturated rings. The Morgan fingerprint density at radius 3 is 2.25 bits per heavy atom. The first-order chi connectivity index (χ1) is 7.58. The van der Waals surface area contributed by atoms with Crippen LogP contribution in [0.5, 0.6) is 0 Å². The molecule has 1 atom stereocenters. The Balaban J connectivity index is 2.35. The monoisotopic (exact) mass is 270 g/mol. The number of alkyl halides is 1. The summed E-state index contributed by atoms with van der Waals surface area (Å²) in [6.07, 6.45) is 0. The van der Waals surface area contributed by atoms with Crippen molar-refractivity contribution in [1.82, 2.24) is 0 Å². The second-order valence-corrected chi connectivity index (χ2v) is 5.98. The van der Waals surface area contributed by atoms with Crippen molar-refractivity contribution >= 4 is 34.5 Å². The predicted molar refractivity (Wildman–Crippen MR) is 72.9 cm³/mol. The van der Waals surface area contributed by atoms with Gasteiger partial charge in [-0.25, -0.2) is 0 Å². The average molecular weight is 271 g/mol. The molecule has 0 nitrogen and oxygen atoms in total. The number of benzene rings is 1. The van der Waals surface area contributed by atoms with Crippen molar-refractivity contribution in [2.75, 3.05) is 0 Å². The molecule has 0 amide bonds. The lowest BCUT2D eigenvalue weighted by atomic mass is 10.1. The molecule has 0 saturated carbocycles. The minimum atomic E-state index is -0.0732. The van der Waals surface area contributed by atoms with E-state index < -0.39 is 0 Å². The SMILES string of the molecule is Cc1cc(C)c(C(Cl)c2ccc(Cl)cc2)s1. The van der Waals surface area contributed by atoms with Crippen LogP contribution in [0.1, 0.15) is 26.3 Å². The van der Waals surface area contributed by atoms with E-state index in [0.29, 0.717) is 0 Å². The van der Waals surface area contributed by atoms with Crippen molar-refractivity contribution < 1.29 is 0 Å². The number of hydrogen-bond acceptors (Lipinski definition) is 1. The highest BCUT2D eigenvalue weighted by Gasteiger charge is 2.15. The molecule has 1 heterocycles. The average Bonchev–Trinajstić information content (AvgIpc) is 2.58. The van der Waals surface area contributed by atoms with Crippen molar-refractivity contribution in [2.24, 2.45) is 0 Å². The highest BCUT2D eigenvalue weighted by Crippen LogP contribution is 2.36. The molecule has 0 aliphatic rings. The smallest absolute Gasteiger partial charge is 0.0930 e. The van der Waals surface area contributed by atoms with Crippen LogP contribution in [0.15, 0.2) is 30.3 Å². The van der Waals surface area contributed by atoms with Gasteiger partial charge < -0.3 is 0 Å². The van der Waals surface area contributed by atoms with Crippen LogP contribution < -0.4 is 0 Å². The van der Waals surface area contributed by atoms with Crippen LogP contribution in [0.4, 0.5) is 0 Å². The minimum absolute atomic E-state index is 0.0732. The summed E-state index contributed by atoms with van der Waals surface area (Å²) < 4.78 is 0. The Kier molecular flexibility index (Phi) is 3.58. The molecule has 16 heavy (non-hydrogen) atoms. The normalized spacial score (nSPS) is 12.8. The summed E-state index contributed by atoms with van der Waals surface area (Å²) in [5.41, 5.74) is 2.36. The fourth-order valence-corrected chi connectivity index (χ4v) is 3.31. The molecular formula is C13H12Cl2S. The first-order valence-electron chi connectivity index (χ1n) is 5.04. The quantitative estimate of drug-likeness (QED) is 0.646. The molecule has 0 spiro atoms. The fraction of sp³-hybridized carbons (Fsp3) is 0.231. The van der Waals surface area contributed by atoms with Gasteiger partial charge in [0.2, 0.25) is 0 Å². The minimum Gasteiger partial charge on any atom is -0.143 e. The third-order valence-corrected chi connectivity index (χ3v) is 4.54. The second-order valence-electron chi connectivity index (χ2n) is 3.82. The van der Waals surface area contributed by atoms with Crippen LogP contribution >= 0.6 is 34.5 Å². The van der Waals surface area contributed by atoms with Crippen molar-refractivity contribution in [1.29, 1.82) is 0 Å². The number of hydrogen-bond donors (Lipinski definition) is 0. The van der Waals surface area contributed by atoms with Gasteiger partial charge in [-0.2, -0.15) is 0 Å². The van der Waals surface area contributed by atoms with Crippen molar-refractivity contribution in [2.45, 2.75) is 19.2 Å². The van der Waals surface area contributed by atoms with E-state index in [1.165, 1.54) is 15.3 Å². The molecule has 3 heteroatoms. The molecule has 0 bridgehead atoms. The van der Waals surface area contributed by atoms with Crippen LogP contribution in [-0.2, 0) is 0 Å². The molecule has 1 aromatic carbocycles. The van der Waals surface area contributed by atoms with Gasteiger partial charge in [-0.3, -0.25) is 0 Å². The maximum absolute atomic E-state index is 6.47. The van der Waals surface area contributed by atoms with E-state index in [0.717, 1.165) is 10.6 Å². The van der Waals surface area contributed by atoms with Crippen LogP contribution in [0.2, 0.25) is 5.02 Å². The van der Waals surface area contributed by atoms with Gasteiger partial charge in [0, 0.05) is 14.8 Å². The van der Waals surface area contributed by atoms with E-state index >= 15 is 0 Å². The van der Waals surface area contributed by atoms with Crippen LogP contribution in [0, 0.1) is 13.8 Å². The number of halogens is 2. The molecule has 2 aromatic rings. The van der Waals surface area contributed by atoms with E-state index in [4.69, 9.17) is 23.2 Å². The zero-order chi connectivity index (χ0) is 11.7. The Bertz CT molecular complexity index is 485. The van der Waals surface area contributed by atoms with E-state index in [9.17, 15) is 0 Å². The maximum Gasteiger partial charge on any atom is 0.0930 e. The van der Waals surface area contributed by atoms with E-state index in [1.807, 2.05) is 24.3 Å². The lowest BCUT2D eigenvalue weighted by Gasteiger charge is -2.09. The molecule has 0 saturated heterocycles. The van der Waals surface area contributed by atoms with Crippen molar-refractivity contribution in [3.63, 3.8) is 0 Å². The molecule has 1 aromatic heterocycles. The van der Waals surface area contributed by atoms with Crippen molar-refractivity contribution in [3.8, 4) is 0 Å². The summed E-state index contributed by atoms with van der Waals surface area (Å²) in [6, 6.07) is 9.89. The predicted octanol–water partition coefficient (Wildman–Crippen LogP) is 5.35. The Labute approximate surface area is 110 Å². The summed E-state index contributed by atoms with van der Waals surface area (Å²) in [7, 11) is 0. The highest BCUT2D eigenvalue weighted by atomic mass is 35.5. The number of rotatable bonds is 2. The van der Waals surface area contributed by atoms with Gasteiger partial charge in [0.1, 0.15) is 0 Å². The molecule has 0 aliphatic heterocycles. The van der Waals surface area contributed by atoms with E-state index in [-0.39, 0.29) is 5.38 Å². The molecule has 0 radical (unpaired) electrons. The molecule has 84 valence electrons. The summed E-state index contributed by atoms with van der Waals surface area (Å²) in [6.45, 7) is 4.21. The Hall–Kier alpha value is -0.500. The number of aryl methyl sites for hydroxylation is 2. The van der Waals surface area contributed by atoms with Gasteiger partial charge in [-0.05, 0) is 43.2 Å². The van der Waals surface area contributed by atoms with Crippen LogP contribution in [0.25, 0.3) is 0 Å². The van der Waals surface area contributed by atoms with Crippen molar-refractivity contribution in [3.05, 3.63) is 56.2 Å². The zero-order valence-electron chi connectivity index (χ0n) is 9.13. The van der Waals surface area contributed by atoms with Gasteiger partial charge in [0.25, 0.3) is 0 Å². The molecule has 0 N–H and O–H groups in total. The first-order valence-corrected chi connectivity index (χ1v) is 6.67. The summed E-state index contributed by atoms with van der Waals surface area (Å²) in [5, 5.41) is 0.669. The van der Waals surface area contributed by atoms with Crippen LogP contribution in [0.3, 0.4) is 0 Å². The van der Waals surface area contributed by atoms with E-state index in [1.54, 1.807) is 11.3 Å². The van der Waals surface area contributed by atoms with Gasteiger partial charge >= 0.3 is 0 Å². The van der Waals surface area contributed by atoms with Gasteiger partial charge in [-0.1, -0.05) is 23.7 Å². The molecule has 2 rings (SSSR count). The highest BCUT2D eigenvalue weighted by molar-refractivity contribution is 7.12. The third-order valence-electron chi connectivity index (χ3n) is 2.47. The maximum atomic E-state index is 6.47. The van der Waals surface area contributed by atoms with E-state index in [2.05, 4.69) is 19.9 Å². The fourth-order valence-electron chi connectivity index (χ4n) is 1.69. The lowest BCUT2D eigenvalue weighted by Crippen LogP contribution is -1.91.